The van der Waals surface area contributed by atoms with Crippen molar-refractivity contribution >= 4 is 33.7 Å². The van der Waals surface area contributed by atoms with Crippen LogP contribution in [0.15, 0.2) is 11.1 Å². The van der Waals surface area contributed by atoms with Gasteiger partial charge in [0.2, 0.25) is 0 Å². The summed E-state index contributed by atoms with van der Waals surface area (Å²) < 4.78 is 63.2. The smallest absolute Gasteiger partial charge is 0.458 e. The first-order chi connectivity index (χ1) is 28.6. The highest BCUT2D eigenvalue weighted by Crippen LogP contribution is 2.70. The summed E-state index contributed by atoms with van der Waals surface area (Å²) >= 11 is 0. The molecule has 0 bridgehead atoms. The lowest BCUT2D eigenvalue weighted by Crippen LogP contribution is -2.78. The van der Waals surface area contributed by atoms with Crippen molar-refractivity contribution in [3.05, 3.63) is 11.1 Å². The van der Waals surface area contributed by atoms with Gasteiger partial charge in [-0.15, -0.1) is 0 Å². The van der Waals surface area contributed by atoms with E-state index in [4.69, 9.17) is 52.1 Å². The average Bonchev–Trinajstić information content (AvgIpc) is 3.48. The quantitative estimate of drug-likeness (QED) is 0.0334. The molecule has 59 heavy (non-hydrogen) atoms. The molecule has 3 saturated heterocycles. The number of fused-ring (bicyclic) bond motifs is 5. The molecule has 6 rings (SSSR count). The first-order valence-corrected chi connectivity index (χ1v) is 24.2. The van der Waals surface area contributed by atoms with E-state index in [0.29, 0.717) is 91.9 Å². The maximum absolute atomic E-state index is 13.1. The maximum Gasteiger partial charge on any atom is 0.508 e. The van der Waals surface area contributed by atoms with Crippen LogP contribution in [0.3, 0.4) is 0 Å². The lowest BCUT2D eigenvalue weighted by molar-refractivity contribution is -0.328. The van der Waals surface area contributed by atoms with Gasteiger partial charge in [-0.05, 0) is 69.3 Å². The fourth-order valence-corrected chi connectivity index (χ4v) is 12.7. The molecule has 8 atom stereocenters. The summed E-state index contributed by atoms with van der Waals surface area (Å²) in [5.74, 6) is 0.946. The molecule has 0 aromatic heterocycles. The second kappa shape index (κ2) is 22.4. The van der Waals surface area contributed by atoms with Gasteiger partial charge in [0.25, 0.3) is 0 Å². The van der Waals surface area contributed by atoms with Gasteiger partial charge >= 0.3 is 12.1 Å². The summed E-state index contributed by atoms with van der Waals surface area (Å²) in [7, 11) is 4.08. The van der Waals surface area contributed by atoms with E-state index in [1.165, 1.54) is 31.4 Å². The Bertz CT molecular complexity index is 1390. The molecule has 4 fully saturated rings. The van der Waals surface area contributed by atoms with Gasteiger partial charge in [0.15, 0.2) is 18.0 Å². The first kappa shape index (κ1) is 47.3. The molecule has 0 amide bonds. The van der Waals surface area contributed by atoms with Crippen LogP contribution in [0.1, 0.15) is 86.9 Å². The Morgan fingerprint density at radius 3 is 2.20 bits per heavy atom. The van der Waals surface area contributed by atoms with Gasteiger partial charge in [-0.2, -0.15) is 0 Å². The topological polar surface area (TPSA) is 171 Å². The molecule has 0 spiro atoms. The van der Waals surface area contributed by atoms with Gasteiger partial charge in [0.05, 0.1) is 72.8 Å². The Morgan fingerprint density at radius 1 is 0.864 bits per heavy atom. The number of cyclic esters (lactones) is 1. The number of carbonyl (C=O) groups is 2. The van der Waals surface area contributed by atoms with Crippen LogP contribution in [0.4, 0.5) is 4.79 Å². The fourth-order valence-electron chi connectivity index (χ4n) is 9.66. The third kappa shape index (κ3) is 11.1. The molecule has 0 radical (unpaired) electrons. The predicted octanol–water partition coefficient (Wildman–Crippen LogP) is 5.45. The Labute approximate surface area is 359 Å². The third-order valence-corrected chi connectivity index (χ3v) is 16.3. The highest BCUT2D eigenvalue weighted by molar-refractivity contribution is 8.77. The van der Waals surface area contributed by atoms with Crippen LogP contribution >= 0.6 is 21.6 Å². The van der Waals surface area contributed by atoms with Crippen molar-refractivity contribution in [2.24, 2.45) is 17.3 Å². The summed E-state index contributed by atoms with van der Waals surface area (Å²) in [6.45, 7) is 14.6. The molecule has 15 nitrogen and oxygen atoms in total. The summed E-state index contributed by atoms with van der Waals surface area (Å²) in [4.78, 5) is 25.5. The number of aliphatic hydroxyl groups is 1. The molecule has 1 saturated carbocycles. The standard InChI is InChI=1S/C42H69NO14S2.H2/c1-30(2)42-36(41(46)13-10-34-33-28-54-35(44)32(33)9-12-39(34,3)40(41,4)56-37(42)57-42)55-38(45)53-26-25-51-24-23-50-22-21-49-20-19-48-18-17-47-16-14-43-29-52-15-7-5-6-8-31-11-27-58-59-31;/h30-31,34,36-37,43,46H,5-29H2,1-4H3;1H/t31?,34-,36-,37+,39-,40+,41+,42+;/m0./s1. The van der Waals surface area contributed by atoms with Crippen LogP contribution < -0.4 is 5.32 Å². The van der Waals surface area contributed by atoms with Crippen LogP contribution in [0.5, 0.6) is 0 Å². The SMILES string of the molecule is CC(C)[C@]12O[C@H]1O[C@]1(C)[C@@]3(C)CCC4=C(COC4=O)[C@@H]3CC[C@@]1(O)[C@@H]2OC(=O)OCCOCCOCCOCCOCCOCCNCOCCCCCC1CCSS1.[HH]. The number of nitrogens with one attached hydrogen (secondary N) is 1. The van der Waals surface area contributed by atoms with Gasteiger partial charge < -0.3 is 57.2 Å². The molecule has 0 aromatic rings. The Balaban J connectivity index is 0.00000683. The minimum absolute atomic E-state index is 0. The largest absolute Gasteiger partial charge is 0.508 e. The van der Waals surface area contributed by atoms with Gasteiger partial charge in [-0.3, -0.25) is 5.32 Å². The Kier molecular flexibility index (Phi) is 18.0. The maximum atomic E-state index is 13.1. The predicted molar refractivity (Wildman–Crippen MR) is 223 cm³/mol. The first-order valence-electron chi connectivity index (χ1n) is 21.8. The van der Waals surface area contributed by atoms with Crippen molar-refractivity contribution < 1.29 is 68.2 Å². The van der Waals surface area contributed by atoms with E-state index in [-0.39, 0.29) is 39.1 Å². The van der Waals surface area contributed by atoms with E-state index in [0.717, 1.165) is 36.0 Å². The number of ether oxygens (including phenoxy) is 11. The molecule has 0 aromatic carbocycles. The van der Waals surface area contributed by atoms with Gasteiger partial charge in [-0.1, -0.05) is 55.2 Å². The van der Waals surface area contributed by atoms with Gasteiger partial charge in [0.1, 0.15) is 24.4 Å². The third-order valence-electron chi connectivity index (χ3n) is 13.3. The Hall–Kier alpha value is -1.22. The molecule has 6 aliphatic rings. The molecule has 340 valence electrons. The van der Waals surface area contributed by atoms with Crippen LogP contribution in [0.2, 0.25) is 0 Å². The minimum atomic E-state index is -1.56. The van der Waals surface area contributed by atoms with E-state index in [1.807, 2.05) is 31.6 Å². The van der Waals surface area contributed by atoms with E-state index in [2.05, 4.69) is 23.0 Å². The average molecular weight is 878 g/mol. The van der Waals surface area contributed by atoms with Crippen LogP contribution in [-0.2, 0) is 56.9 Å². The van der Waals surface area contributed by atoms with Crippen molar-refractivity contribution in [3.8, 4) is 0 Å². The lowest BCUT2D eigenvalue weighted by atomic mass is 9.46. The molecule has 2 aliphatic carbocycles. The highest BCUT2D eigenvalue weighted by atomic mass is 33.1. The number of esters is 1. The van der Waals surface area contributed by atoms with Gasteiger partial charge in [-0.25, -0.2) is 9.59 Å². The molecular formula is C42H71NO14S2. The van der Waals surface area contributed by atoms with E-state index < -0.39 is 40.8 Å². The lowest BCUT2D eigenvalue weighted by Gasteiger charge is -2.65. The van der Waals surface area contributed by atoms with Crippen LogP contribution in [-0.4, -0.2) is 157 Å². The number of hydrogen-bond acceptors (Lipinski definition) is 17. The second-order valence-electron chi connectivity index (χ2n) is 17.0. The number of rotatable bonds is 28. The number of hydrogen-bond donors (Lipinski definition) is 2. The zero-order valence-electron chi connectivity index (χ0n) is 35.6. The zero-order valence-corrected chi connectivity index (χ0v) is 37.3. The fraction of sp³-hybridized carbons (Fsp3) is 0.905. The molecule has 2 N–H and O–H groups in total. The number of unbranched alkanes of at least 4 members (excludes halogenated alkanes) is 2. The van der Waals surface area contributed by atoms with E-state index in [1.54, 1.807) is 0 Å². The molecule has 1 unspecified atom stereocenters. The van der Waals surface area contributed by atoms with E-state index in [9.17, 15) is 14.7 Å². The number of carbonyl (C=O) groups excluding carboxylic acids is 2. The van der Waals surface area contributed by atoms with Crippen molar-refractivity contribution in [2.75, 3.05) is 105 Å². The van der Waals surface area contributed by atoms with Crippen molar-refractivity contribution in [1.82, 2.24) is 5.32 Å². The minimum Gasteiger partial charge on any atom is -0.458 e. The monoisotopic (exact) mass is 877 g/mol. The molecule has 4 aliphatic heterocycles. The molecule has 17 heteroatoms. The van der Waals surface area contributed by atoms with Crippen molar-refractivity contribution in [2.45, 2.75) is 120 Å². The Morgan fingerprint density at radius 2 is 1.54 bits per heavy atom. The molecule has 4 heterocycles. The summed E-state index contributed by atoms with van der Waals surface area (Å²) in [6.07, 6.45) is 5.88. The van der Waals surface area contributed by atoms with Crippen molar-refractivity contribution in [3.63, 3.8) is 0 Å². The van der Waals surface area contributed by atoms with Crippen LogP contribution in [0.25, 0.3) is 0 Å². The van der Waals surface area contributed by atoms with Crippen molar-refractivity contribution in [1.29, 1.82) is 0 Å². The molecular weight excluding hydrogens is 807 g/mol. The van der Waals surface area contributed by atoms with Gasteiger partial charge in [0, 0.05) is 36.6 Å². The summed E-state index contributed by atoms with van der Waals surface area (Å²) in [5.41, 5.74) is -2.48. The van der Waals surface area contributed by atoms with E-state index >= 15 is 0 Å². The zero-order chi connectivity index (χ0) is 41.8. The van der Waals surface area contributed by atoms with Crippen LogP contribution in [0, 0.1) is 17.3 Å². The summed E-state index contributed by atoms with van der Waals surface area (Å²) in [5, 5.41) is 16.7. The number of epoxide rings is 1. The normalized spacial score (nSPS) is 33.4. The highest BCUT2D eigenvalue weighted by Gasteiger charge is 2.83. The summed E-state index contributed by atoms with van der Waals surface area (Å²) in [6, 6.07) is 0. The second-order valence-corrected chi connectivity index (χ2v) is 19.8.